The Kier molecular flexibility index (Phi) is 5.61. The highest BCUT2D eigenvalue weighted by Crippen LogP contribution is 2.35. The number of carbonyl (C=O) groups is 1. The summed E-state index contributed by atoms with van der Waals surface area (Å²) in [4.78, 5) is 17.6. The summed E-state index contributed by atoms with van der Waals surface area (Å²) in [7, 11) is 3.41. The van der Waals surface area contributed by atoms with Crippen molar-refractivity contribution in [3.63, 3.8) is 0 Å². The molecule has 1 unspecified atom stereocenters. The monoisotopic (exact) mass is 382 g/mol. The van der Waals surface area contributed by atoms with Gasteiger partial charge in [-0.05, 0) is 40.7 Å². The van der Waals surface area contributed by atoms with Gasteiger partial charge >= 0.3 is 6.09 Å². The molecule has 0 aliphatic heterocycles. The number of rotatable bonds is 3. The molecule has 142 valence electrons. The second kappa shape index (κ2) is 7.23. The number of ether oxygens (including phenoxy) is 1. The van der Waals surface area contributed by atoms with Crippen LogP contribution in [0.5, 0.6) is 0 Å². The van der Waals surface area contributed by atoms with Crippen LogP contribution in [-0.4, -0.2) is 38.4 Å². The van der Waals surface area contributed by atoms with Crippen molar-refractivity contribution in [1.82, 2.24) is 19.7 Å². The summed E-state index contributed by atoms with van der Waals surface area (Å²) in [6.45, 7) is 9.12. The maximum atomic E-state index is 14.5. The minimum absolute atomic E-state index is 0.218. The van der Waals surface area contributed by atoms with E-state index in [0.29, 0.717) is 5.69 Å². The van der Waals surface area contributed by atoms with Crippen LogP contribution in [0, 0.1) is 12.7 Å². The molecule has 0 radical (unpaired) electrons. The van der Waals surface area contributed by atoms with Gasteiger partial charge in [0.15, 0.2) is 11.0 Å². The van der Waals surface area contributed by atoms with Gasteiger partial charge < -0.3 is 9.64 Å². The minimum atomic E-state index is -0.638. The average Bonchev–Trinajstić information content (AvgIpc) is 2.82. The third kappa shape index (κ3) is 3.98. The number of amides is 1. The molecule has 0 aromatic carbocycles. The number of aryl methyl sites for hydroxylation is 1. The standard InChI is InChI=1S/C18H24ClFN4O2/c1-10(23(6)17(25)26-18(3,4)5)13-11(2)24(7)22-15(13)12-8-9-21-16(19)14(12)20/h8-10H,1-7H3. The van der Waals surface area contributed by atoms with Crippen LogP contribution in [0.15, 0.2) is 12.3 Å². The van der Waals surface area contributed by atoms with Crippen molar-refractivity contribution < 1.29 is 13.9 Å². The molecular weight excluding hydrogens is 359 g/mol. The normalized spacial score (nSPS) is 12.8. The first-order valence-electron chi connectivity index (χ1n) is 8.23. The van der Waals surface area contributed by atoms with E-state index >= 15 is 0 Å². The molecule has 2 rings (SSSR count). The van der Waals surface area contributed by atoms with Crippen LogP contribution < -0.4 is 0 Å². The van der Waals surface area contributed by atoms with Crippen LogP contribution in [0.4, 0.5) is 9.18 Å². The van der Waals surface area contributed by atoms with Gasteiger partial charge in [0, 0.05) is 37.1 Å². The molecule has 0 N–H and O–H groups in total. The lowest BCUT2D eigenvalue weighted by Crippen LogP contribution is -2.36. The minimum Gasteiger partial charge on any atom is -0.444 e. The topological polar surface area (TPSA) is 60.3 Å². The first-order chi connectivity index (χ1) is 11.9. The number of hydrogen-bond acceptors (Lipinski definition) is 4. The number of pyridine rings is 1. The maximum absolute atomic E-state index is 14.5. The predicted octanol–water partition coefficient (Wildman–Crippen LogP) is 4.51. The van der Waals surface area contributed by atoms with Gasteiger partial charge in [0.2, 0.25) is 0 Å². The molecule has 0 fully saturated rings. The maximum Gasteiger partial charge on any atom is 0.410 e. The first kappa shape index (κ1) is 20.2. The summed E-state index contributed by atoms with van der Waals surface area (Å²) in [6.07, 6.45) is 0.962. The summed E-state index contributed by atoms with van der Waals surface area (Å²) in [6, 6.07) is 1.13. The fourth-order valence-corrected chi connectivity index (χ4v) is 2.77. The molecule has 0 bridgehead atoms. The largest absolute Gasteiger partial charge is 0.444 e. The van der Waals surface area contributed by atoms with E-state index in [-0.39, 0.29) is 16.8 Å². The fourth-order valence-electron chi connectivity index (χ4n) is 2.61. The number of halogens is 2. The SMILES string of the molecule is Cc1c(C(C)N(C)C(=O)OC(C)(C)C)c(-c2ccnc(Cl)c2F)nn1C. The van der Waals surface area contributed by atoms with E-state index in [1.807, 2.05) is 13.8 Å². The van der Waals surface area contributed by atoms with Crippen molar-refractivity contribution >= 4 is 17.7 Å². The lowest BCUT2D eigenvalue weighted by Gasteiger charge is -2.29. The molecule has 1 amide bonds. The van der Waals surface area contributed by atoms with E-state index in [0.717, 1.165) is 11.3 Å². The van der Waals surface area contributed by atoms with Gasteiger partial charge in [-0.15, -0.1) is 0 Å². The smallest absolute Gasteiger partial charge is 0.410 e. The zero-order valence-corrected chi connectivity index (χ0v) is 16.8. The van der Waals surface area contributed by atoms with Crippen LogP contribution in [0.1, 0.15) is 45.0 Å². The molecule has 2 aromatic rings. The molecule has 0 aliphatic carbocycles. The first-order valence-corrected chi connectivity index (χ1v) is 8.61. The Hall–Kier alpha value is -2.15. The van der Waals surface area contributed by atoms with Crippen molar-refractivity contribution in [2.75, 3.05) is 7.05 Å². The van der Waals surface area contributed by atoms with Gasteiger partial charge in [0.1, 0.15) is 11.3 Å². The predicted molar refractivity (Wildman–Crippen MR) is 98.6 cm³/mol. The van der Waals surface area contributed by atoms with Crippen molar-refractivity contribution in [3.05, 3.63) is 34.5 Å². The molecule has 0 spiro atoms. The number of aromatic nitrogens is 3. The fraction of sp³-hybridized carbons (Fsp3) is 0.500. The molecule has 26 heavy (non-hydrogen) atoms. The molecule has 0 saturated heterocycles. The Morgan fingerprint density at radius 1 is 1.42 bits per heavy atom. The molecule has 1 atom stereocenters. The molecular formula is C18H24ClFN4O2. The zero-order chi connectivity index (χ0) is 19.8. The second-order valence-corrected chi connectivity index (χ2v) is 7.56. The third-order valence-electron chi connectivity index (χ3n) is 4.16. The van der Waals surface area contributed by atoms with Gasteiger partial charge in [-0.25, -0.2) is 14.2 Å². The van der Waals surface area contributed by atoms with Gasteiger partial charge in [-0.1, -0.05) is 11.6 Å². The van der Waals surface area contributed by atoms with Crippen LogP contribution in [0.2, 0.25) is 5.15 Å². The van der Waals surface area contributed by atoms with Crippen molar-refractivity contribution in [2.24, 2.45) is 7.05 Å². The van der Waals surface area contributed by atoms with E-state index in [9.17, 15) is 9.18 Å². The Morgan fingerprint density at radius 3 is 2.62 bits per heavy atom. The quantitative estimate of drug-likeness (QED) is 0.733. The summed E-state index contributed by atoms with van der Waals surface area (Å²) < 4.78 is 21.6. The van der Waals surface area contributed by atoms with Gasteiger partial charge in [0.25, 0.3) is 0 Å². The Balaban J connectivity index is 2.50. The summed E-state index contributed by atoms with van der Waals surface area (Å²) in [5.41, 5.74) is 1.60. The Morgan fingerprint density at radius 2 is 2.04 bits per heavy atom. The summed E-state index contributed by atoms with van der Waals surface area (Å²) >= 11 is 5.82. The lowest BCUT2D eigenvalue weighted by atomic mass is 10.0. The van der Waals surface area contributed by atoms with Crippen LogP contribution in [0.3, 0.4) is 0 Å². The van der Waals surface area contributed by atoms with Crippen LogP contribution in [-0.2, 0) is 11.8 Å². The highest BCUT2D eigenvalue weighted by atomic mass is 35.5. The summed E-state index contributed by atoms with van der Waals surface area (Å²) in [5, 5.41) is 4.21. The molecule has 8 heteroatoms. The van der Waals surface area contributed by atoms with E-state index in [2.05, 4.69) is 10.1 Å². The zero-order valence-electron chi connectivity index (χ0n) is 16.1. The molecule has 2 aromatic heterocycles. The highest BCUT2D eigenvalue weighted by Gasteiger charge is 2.29. The van der Waals surface area contributed by atoms with E-state index in [4.69, 9.17) is 16.3 Å². The Labute approximate surface area is 157 Å². The van der Waals surface area contributed by atoms with Crippen molar-refractivity contribution in [1.29, 1.82) is 0 Å². The molecule has 0 saturated carbocycles. The van der Waals surface area contributed by atoms with Gasteiger partial charge in [-0.3, -0.25) is 4.68 Å². The average molecular weight is 383 g/mol. The number of carbonyl (C=O) groups excluding carboxylic acids is 1. The molecule has 6 nitrogen and oxygen atoms in total. The highest BCUT2D eigenvalue weighted by molar-refractivity contribution is 6.29. The number of hydrogen-bond donors (Lipinski definition) is 0. The van der Waals surface area contributed by atoms with E-state index < -0.39 is 17.5 Å². The summed E-state index contributed by atoms with van der Waals surface area (Å²) in [5.74, 6) is -0.638. The Bertz CT molecular complexity index is 829. The van der Waals surface area contributed by atoms with Crippen LogP contribution >= 0.6 is 11.6 Å². The number of nitrogens with zero attached hydrogens (tertiary/aromatic N) is 4. The molecule has 2 heterocycles. The van der Waals surface area contributed by atoms with Crippen molar-refractivity contribution in [3.8, 4) is 11.3 Å². The van der Waals surface area contributed by atoms with Gasteiger partial charge in [0.05, 0.1) is 6.04 Å². The van der Waals surface area contributed by atoms with Gasteiger partial charge in [-0.2, -0.15) is 5.10 Å². The lowest BCUT2D eigenvalue weighted by molar-refractivity contribution is 0.0234. The van der Waals surface area contributed by atoms with E-state index in [1.165, 1.54) is 17.2 Å². The van der Waals surface area contributed by atoms with Crippen molar-refractivity contribution in [2.45, 2.75) is 46.3 Å². The van der Waals surface area contributed by atoms with E-state index in [1.54, 1.807) is 39.5 Å². The molecule has 0 aliphatic rings. The van der Waals surface area contributed by atoms with Crippen LogP contribution in [0.25, 0.3) is 11.3 Å². The second-order valence-electron chi connectivity index (χ2n) is 7.20. The third-order valence-corrected chi connectivity index (χ3v) is 4.43.